The van der Waals surface area contributed by atoms with Gasteiger partial charge in [-0.1, -0.05) is 15.5 Å². The molecule has 10 heteroatoms. The Bertz CT molecular complexity index is 800. The highest BCUT2D eigenvalue weighted by molar-refractivity contribution is 5.92. The number of aromatic carboxylic acids is 1. The van der Waals surface area contributed by atoms with Crippen molar-refractivity contribution in [2.45, 2.75) is 13.5 Å². The molecule has 108 valence electrons. The third-order valence-electron chi connectivity index (χ3n) is 2.96. The first-order chi connectivity index (χ1) is 10.1. The van der Waals surface area contributed by atoms with Gasteiger partial charge in [0.25, 0.3) is 0 Å². The number of nitrogens with zero attached hydrogens (tertiary/aromatic N) is 7. The number of carboxylic acids is 1. The molecule has 3 rings (SSSR count). The maximum atomic E-state index is 11.3. The zero-order chi connectivity index (χ0) is 15.0. The van der Waals surface area contributed by atoms with Crippen LogP contribution in [0.5, 0.6) is 0 Å². The summed E-state index contributed by atoms with van der Waals surface area (Å²) in [7, 11) is 1.74. The molecule has 21 heavy (non-hydrogen) atoms. The number of carboxylic acid groups (broad SMARTS) is 1. The lowest BCUT2D eigenvalue weighted by atomic mass is 10.2. The number of aryl methyl sites for hydroxylation is 2. The maximum absolute atomic E-state index is 11.3. The van der Waals surface area contributed by atoms with E-state index in [9.17, 15) is 9.90 Å². The van der Waals surface area contributed by atoms with Gasteiger partial charge in [0.1, 0.15) is 17.1 Å². The molecule has 0 amide bonds. The summed E-state index contributed by atoms with van der Waals surface area (Å²) >= 11 is 0. The normalized spacial score (nSPS) is 11.0. The van der Waals surface area contributed by atoms with Gasteiger partial charge >= 0.3 is 5.97 Å². The highest BCUT2D eigenvalue weighted by Gasteiger charge is 2.22. The zero-order valence-electron chi connectivity index (χ0n) is 11.3. The Labute approximate surface area is 118 Å². The largest absolute Gasteiger partial charge is 0.476 e. The Balaban J connectivity index is 2.09. The van der Waals surface area contributed by atoms with Crippen LogP contribution in [0.3, 0.4) is 0 Å². The Morgan fingerprint density at radius 2 is 2.24 bits per heavy atom. The third-order valence-corrected chi connectivity index (χ3v) is 2.96. The Morgan fingerprint density at radius 1 is 1.43 bits per heavy atom. The number of aromatic nitrogens is 7. The van der Waals surface area contributed by atoms with Crippen molar-refractivity contribution in [3.05, 3.63) is 29.5 Å². The Kier molecular flexibility index (Phi) is 2.97. The van der Waals surface area contributed by atoms with Crippen LogP contribution >= 0.6 is 0 Å². The van der Waals surface area contributed by atoms with E-state index in [0.717, 1.165) is 0 Å². The molecule has 0 atom stereocenters. The fourth-order valence-electron chi connectivity index (χ4n) is 1.93. The first-order valence-corrected chi connectivity index (χ1v) is 6.00. The molecule has 10 nitrogen and oxygen atoms in total. The minimum atomic E-state index is -1.16. The second-order valence-electron chi connectivity index (χ2n) is 4.45. The van der Waals surface area contributed by atoms with Crippen LogP contribution in [0.25, 0.3) is 11.3 Å². The molecule has 0 saturated carbocycles. The fourth-order valence-corrected chi connectivity index (χ4v) is 1.93. The predicted octanol–water partition coefficient (Wildman–Crippen LogP) is 0.117. The van der Waals surface area contributed by atoms with Crippen LogP contribution in [0.15, 0.2) is 17.0 Å². The summed E-state index contributed by atoms with van der Waals surface area (Å²) in [6, 6.07) is 0. The van der Waals surface area contributed by atoms with Crippen LogP contribution in [0.2, 0.25) is 0 Å². The standard InChI is InChI=1S/C11H11N7O3/c1-6-8(15-21-14-6)5-18-10(7-3-12-17(2)4-7)9(11(19)20)13-16-18/h3-4H,5H2,1-2H3,(H,19,20). The topological polar surface area (TPSA) is 125 Å². The van der Waals surface area contributed by atoms with E-state index >= 15 is 0 Å². The van der Waals surface area contributed by atoms with Gasteiger partial charge in [0.2, 0.25) is 0 Å². The number of hydrogen-bond acceptors (Lipinski definition) is 7. The fraction of sp³-hybridized carbons (Fsp3) is 0.273. The van der Waals surface area contributed by atoms with Crippen molar-refractivity contribution >= 4 is 5.97 Å². The average Bonchev–Trinajstić information content (AvgIpc) is 3.11. The summed E-state index contributed by atoms with van der Waals surface area (Å²) in [4.78, 5) is 11.3. The quantitative estimate of drug-likeness (QED) is 0.717. The van der Waals surface area contributed by atoms with Crippen LogP contribution in [0.4, 0.5) is 0 Å². The van der Waals surface area contributed by atoms with Crippen molar-refractivity contribution in [3.8, 4) is 11.3 Å². The van der Waals surface area contributed by atoms with Crippen molar-refractivity contribution in [1.82, 2.24) is 35.1 Å². The van der Waals surface area contributed by atoms with Gasteiger partial charge in [-0.2, -0.15) is 5.10 Å². The second kappa shape index (κ2) is 4.81. The predicted molar refractivity (Wildman–Crippen MR) is 67.3 cm³/mol. The molecule has 0 radical (unpaired) electrons. The molecule has 3 aromatic heterocycles. The molecule has 1 N–H and O–H groups in total. The molecular formula is C11H11N7O3. The summed E-state index contributed by atoms with van der Waals surface area (Å²) in [5, 5.41) is 28.3. The molecule has 0 unspecified atom stereocenters. The molecule has 0 bridgehead atoms. The average molecular weight is 289 g/mol. The minimum absolute atomic E-state index is 0.142. The Hall–Kier alpha value is -3.04. The van der Waals surface area contributed by atoms with Gasteiger partial charge in [-0.05, 0) is 6.92 Å². The second-order valence-corrected chi connectivity index (χ2v) is 4.45. The zero-order valence-corrected chi connectivity index (χ0v) is 11.3. The van der Waals surface area contributed by atoms with Crippen molar-refractivity contribution in [1.29, 1.82) is 0 Å². The highest BCUT2D eigenvalue weighted by atomic mass is 16.6. The smallest absolute Gasteiger partial charge is 0.358 e. The van der Waals surface area contributed by atoms with Crippen LogP contribution in [0.1, 0.15) is 21.9 Å². The van der Waals surface area contributed by atoms with Crippen molar-refractivity contribution in [2.24, 2.45) is 7.05 Å². The van der Waals surface area contributed by atoms with Gasteiger partial charge < -0.3 is 5.11 Å². The van der Waals surface area contributed by atoms with Crippen molar-refractivity contribution in [2.75, 3.05) is 0 Å². The molecule has 3 aromatic rings. The molecule has 0 fully saturated rings. The van der Waals surface area contributed by atoms with Crippen LogP contribution in [-0.2, 0) is 13.6 Å². The minimum Gasteiger partial charge on any atom is -0.476 e. The molecule has 0 spiro atoms. The third kappa shape index (κ3) is 2.26. The van der Waals surface area contributed by atoms with Gasteiger partial charge in [-0.3, -0.25) is 4.68 Å². The number of rotatable bonds is 4. The Morgan fingerprint density at radius 3 is 2.81 bits per heavy atom. The number of hydrogen-bond donors (Lipinski definition) is 1. The molecule has 0 aromatic carbocycles. The summed E-state index contributed by atoms with van der Waals surface area (Å²) < 4.78 is 7.64. The SMILES string of the molecule is Cc1nonc1Cn1nnc(C(=O)O)c1-c1cnn(C)c1. The molecule has 0 aliphatic carbocycles. The summed E-state index contributed by atoms with van der Waals surface area (Å²) in [5.74, 6) is -1.16. The first kappa shape index (κ1) is 13.0. The van der Waals surface area contributed by atoms with Gasteiger partial charge in [0.15, 0.2) is 5.69 Å². The molecule has 0 aliphatic heterocycles. The first-order valence-electron chi connectivity index (χ1n) is 6.00. The van der Waals surface area contributed by atoms with E-state index in [1.165, 1.54) is 4.68 Å². The molecule has 0 aliphatic rings. The van der Waals surface area contributed by atoms with Gasteiger partial charge in [-0.15, -0.1) is 5.10 Å². The van der Waals surface area contributed by atoms with E-state index in [1.54, 1.807) is 31.0 Å². The van der Waals surface area contributed by atoms with Crippen LogP contribution in [0, 0.1) is 6.92 Å². The van der Waals surface area contributed by atoms with Crippen molar-refractivity contribution in [3.63, 3.8) is 0 Å². The van der Waals surface area contributed by atoms with E-state index in [4.69, 9.17) is 0 Å². The monoisotopic (exact) mass is 289 g/mol. The van der Waals surface area contributed by atoms with E-state index in [0.29, 0.717) is 22.6 Å². The van der Waals surface area contributed by atoms with Crippen LogP contribution < -0.4 is 0 Å². The van der Waals surface area contributed by atoms with E-state index in [-0.39, 0.29) is 12.2 Å². The van der Waals surface area contributed by atoms with Crippen LogP contribution in [-0.4, -0.2) is 46.2 Å². The lowest BCUT2D eigenvalue weighted by molar-refractivity contribution is 0.0691. The summed E-state index contributed by atoms with van der Waals surface area (Å²) in [6.45, 7) is 1.95. The molecule has 0 saturated heterocycles. The molecular weight excluding hydrogens is 278 g/mol. The summed E-state index contributed by atoms with van der Waals surface area (Å²) in [5.41, 5.74) is 1.99. The van der Waals surface area contributed by atoms with Gasteiger partial charge in [0.05, 0.1) is 12.7 Å². The van der Waals surface area contributed by atoms with Gasteiger partial charge in [0, 0.05) is 18.8 Å². The van der Waals surface area contributed by atoms with E-state index in [1.807, 2.05) is 0 Å². The molecule has 3 heterocycles. The highest BCUT2D eigenvalue weighted by Crippen LogP contribution is 2.22. The van der Waals surface area contributed by atoms with Crippen molar-refractivity contribution < 1.29 is 14.5 Å². The van der Waals surface area contributed by atoms with E-state index in [2.05, 4.69) is 30.4 Å². The maximum Gasteiger partial charge on any atom is 0.358 e. The van der Waals surface area contributed by atoms with Gasteiger partial charge in [-0.25, -0.2) is 14.1 Å². The number of carbonyl (C=O) groups is 1. The summed E-state index contributed by atoms with van der Waals surface area (Å²) in [6.07, 6.45) is 3.24. The lowest BCUT2D eigenvalue weighted by Gasteiger charge is -2.03. The van der Waals surface area contributed by atoms with E-state index < -0.39 is 5.97 Å². The lowest BCUT2D eigenvalue weighted by Crippen LogP contribution is -2.07.